The lowest BCUT2D eigenvalue weighted by Gasteiger charge is -2.32. The van der Waals surface area contributed by atoms with E-state index in [1.165, 1.54) is 65.6 Å². The van der Waals surface area contributed by atoms with Crippen LogP contribution < -0.4 is 15.6 Å². The Morgan fingerprint density at radius 3 is 0.827 bits per heavy atom. The summed E-state index contributed by atoms with van der Waals surface area (Å²) in [5, 5.41) is 4.83. The maximum Gasteiger partial charge on any atom is 0.152 e. The van der Waals surface area contributed by atoms with E-state index < -0.39 is 15.8 Å². The van der Waals surface area contributed by atoms with Crippen LogP contribution in [0.4, 0.5) is 0 Å². The Kier molecular flexibility index (Phi) is 15.4. The van der Waals surface area contributed by atoms with E-state index in [1.54, 1.807) is 0 Å². The summed E-state index contributed by atoms with van der Waals surface area (Å²) < 4.78 is 0. The van der Waals surface area contributed by atoms with Crippen molar-refractivity contribution in [1.29, 1.82) is 0 Å². The second-order valence-corrected chi connectivity index (χ2v) is 24.7. The van der Waals surface area contributed by atoms with Crippen molar-refractivity contribution in [3.8, 4) is 0 Å². The number of benzene rings is 3. The average Bonchev–Trinajstić information content (AvgIpc) is 3.05. The Morgan fingerprint density at radius 1 is 0.404 bits per heavy atom. The van der Waals surface area contributed by atoms with Gasteiger partial charge in [0.25, 0.3) is 0 Å². The van der Waals surface area contributed by atoms with E-state index in [4.69, 9.17) is 0 Å². The van der Waals surface area contributed by atoms with E-state index in [0.29, 0.717) is 58.7 Å². The van der Waals surface area contributed by atoms with Gasteiger partial charge >= 0.3 is 0 Å². The minimum absolute atomic E-state index is 0.308. The lowest BCUT2D eigenvalue weighted by atomic mass is 9.89. The van der Waals surface area contributed by atoms with Crippen LogP contribution in [0.5, 0.6) is 0 Å². The SMILES string of the molecule is CC=CC(=O)[Si](c1c(C(C)C)cc(C(C)C)cc1C(C)C)=[Si](c1c(C(C)C)cc(C(C)C)cc1C(C)C)c1c(C(C)C)cc(C(C)C)cc1C(C)C. The van der Waals surface area contributed by atoms with Gasteiger partial charge in [-0.05, 0) is 132 Å². The summed E-state index contributed by atoms with van der Waals surface area (Å²) in [7, 11) is -3.64. The summed E-state index contributed by atoms with van der Waals surface area (Å²) in [6, 6.07) is 15.2. The molecular weight excluding hydrogens is 661 g/mol. The number of hydrogen-bond donors (Lipinski definition) is 0. The topological polar surface area (TPSA) is 17.1 Å². The second-order valence-electron chi connectivity index (χ2n) is 18.2. The minimum atomic E-state index is -1.91. The fourth-order valence-corrected chi connectivity index (χ4v) is 19.3. The number of carbonyl (C=O) groups excluding carboxylic acids is 1. The van der Waals surface area contributed by atoms with Gasteiger partial charge in [-0.3, -0.25) is 4.79 Å². The van der Waals surface area contributed by atoms with E-state index in [1.807, 2.05) is 19.1 Å². The third-order valence-electron chi connectivity index (χ3n) is 11.0. The molecule has 0 saturated carbocycles. The molecule has 0 radical (unpaired) electrons. The van der Waals surface area contributed by atoms with Crippen molar-refractivity contribution in [2.24, 2.45) is 0 Å². The van der Waals surface area contributed by atoms with E-state index in [2.05, 4.69) is 161 Å². The molecule has 0 aliphatic heterocycles. The predicted octanol–water partition coefficient (Wildman–Crippen LogP) is 12.6. The van der Waals surface area contributed by atoms with Crippen molar-refractivity contribution >= 4 is 36.7 Å². The number of allylic oxidation sites excluding steroid dienone is 2. The summed E-state index contributed by atoms with van der Waals surface area (Å²) in [5.74, 6) is 3.24. The highest BCUT2D eigenvalue weighted by Gasteiger charge is 2.34. The lowest BCUT2D eigenvalue weighted by Crippen LogP contribution is -2.55. The maximum atomic E-state index is 15.6. The molecule has 1 nitrogen and oxygen atoms in total. The monoisotopic (exact) mass is 735 g/mol. The normalized spacial score (nSPS) is 12.5. The largest absolute Gasteiger partial charge is 0.296 e. The molecule has 3 aromatic carbocycles. The van der Waals surface area contributed by atoms with Crippen LogP contribution in [-0.2, 0) is 4.79 Å². The Bertz CT molecular complexity index is 1630. The van der Waals surface area contributed by atoms with Crippen LogP contribution in [0.3, 0.4) is 0 Å². The zero-order valence-electron chi connectivity index (χ0n) is 36.7. The first-order valence-electron chi connectivity index (χ1n) is 20.6. The number of carbonyl (C=O) groups is 1. The molecule has 0 saturated heterocycles. The molecule has 0 fully saturated rings. The predicted molar refractivity (Wildman–Crippen MR) is 236 cm³/mol. The third kappa shape index (κ3) is 9.41. The minimum Gasteiger partial charge on any atom is -0.296 e. The van der Waals surface area contributed by atoms with Gasteiger partial charge in [-0.15, -0.1) is 0 Å². The molecule has 3 heteroatoms. The highest BCUT2D eigenvalue weighted by Crippen LogP contribution is 2.31. The van der Waals surface area contributed by atoms with Crippen molar-refractivity contribution < 1.29 is 4.79 Å². The van der Waals surface area contributed by atoms with Crippen LogP contribution in [-0.4, -0.2) is 21.2 Å². The zero-order chi connectivity index (χ0) is 39.5. The van der Waals surface area contributed by atoms with Crippen LogP contribution in [0.25, 0.3) is 0 Å². The van der Waals surface area contributed by atoms with Gasteiger partial charge in [0.15, 0.2) is 5.41 Å². The lowest BCUT2D eigenvalue weighted by molar-refractivity contribution is -0.108. The molecule has 284 valence electrons. The molecular formula is C49H74OSi2. The van der Waals surface area contributed by atoms with Crippen LogP contribution in [0.15, 0.2) is 48.6 Å². The fourth-order valence-electron chi connectivity index (χ4n) is 7.71. The molecule has 0 aliphatic carbocycles. The van der Waals surface area contributed by atoms with E-state index in [9.17, 15) is 0 Å². The van der Waals surface area contributed by atoms with Gasteiger partial charge in [-0.25, -0.2) is 0 Å². The van der Waals surface area contributed by atoms with Gasteiger partial charge in [0.2, 0.25) is 0 Å². The maximum absolute atomic E-state index is 15.6. The van der Waals surface area contributed by atoms with Gasteiger partial charge in [0.05, 0.1) is 7.89 Å². The summed E-state index contributed by atoms with van der Waals surface area (Å²) >= 11 is 0. The summed E-state index contributed by atoms with van der Waals surface area (Å²) in [4.78, 5) is 15.6. The first kappa shape index (κ1) is 43.9. The molecule has 0 aliphatic rings. The van der Waals surface area contributed by atoms with Crippen molar-refractivity contribution in [3.63, 3.8) is 0 Å². The standard InChI is InChI=1S/C49H74OSi2/c1-20-21-46(50)51(47-40(31(8)9)22-37(28(2)3)23-41(47)32(10)11)52(48-42(33(12)13)24-38(29(4)5)25-43(48)34(14)15)49-44(35(16)17)26-39(30(6)7)27-45(49)36(18)19/h20-36H,1-19H3. The number of rotatable bonds is 14. The van der Waals surface area contributed by atoms with Crippen LogP contribution >= 0.6 is 0 Å². The Morgan fingerprint density at radius 2 is 0.635 bits per heavy atom. The summed E-state index contributed by atoms with van der Waals surface area (Å²) in [6.07, 6.45) is 3.98. The summed E-state index contributed by atoms with van der Waals surface area (Å²) in [5.41, 5.74) is 12.9. The van der Waals surface area contributed by atoms with Crippen molar-refractivity contribution in [1.82, 2.24) is 0 Å². The second kappa shape index (κ2) is 18.2. The molecule has 0 atom stereocenters. The quantitative estimate of drug-likeness (QED) is 0.119. The number of hydrogen-bond acceptors (Lipinski definition) is 1. The third-order valence-corrected chi connectivity index (χ3v) is 19.8. The van der Waals surface area contributed by atoms with Gasteiger partial charge in [-0.2, -0.15) is 0 Å². The highest BCUT2D eigenvalue weighted by atomic mass is 28.9. The molecule has 0 heterocycles. The van der Waals surface area contributed by atoms with Crippen LogP contribution in [0, 0.1) is 0 Å². The van der Waals surface area contributed by atoms with Crippen LogP contribution in [0.1, 0.15) is 235 Å². The van der Waals surface area contributed by atoms with Crippen molar-refractivity contribution in [2.45, 2.75) is 185 Å². The molecule has 0 amide bonds. The van der Waals surface area contributed by atoms with Crippen molar-refractivity contribution in [2.75, 3.05) is 0 Å². The average molecular weight is 735 g/mol. The van der Waals surface area contributed by atoms with Gasteiger partial charge in [-0.1, -0.05) is 167 Å². The molecule has 0 aromatic heterocycles. The van der Waals surface area contributed by atoms with E-state index >= 15 is 4.79 Å². The fraction of sp³-hybridized carbons (Fsp3) is 0.571. The highest BCUT2D eigenvalue weighted by molar-refractivity contribution is 7.27. The zero-order valence-corrected chi connectivity index (χ0v) is 38.7. The molecule has 3 aromatic rings. The first-order valence-corrected chi connectivity index (χ1v) is 24.6. The molecule has 52 heavy (non-hydrogen) atoms. The van der Waals surface area contributed by atoms with Crippen molar-refractivity contribution in [3.05, 3.63) is 98.6 Å². The van der Waals surface area contributed by atoms with Crippen LogP contribution in [0.2, 0.25) is 0 Å². The molecule has 0 N–H and O–H groups in total. The Hall–Kier alpha value is -2.50. The molecule has 0 bridgehead atoms. The Balaban J connectivity index is 3.07. The van der Waals surface area contributed by atoms with Gasteiger partial charge in [0, 0.05) is 0 Å². The van der Waals surface area contributed by atoms with Gasteiger partial charge in [0.1, 0.15) is 7.89 Å². The smallest absolute Gasteiger partial charge is 0.152 e. The Labute approximate surface area is 323 Å². The molecule has 0 spiro atoms. The molecule has 3 rings (SSSR count). The first-order chi connectivity index (χ1) is 24.2. The van der Waals surface area contributed by atoms with E-state index in [-0.39, 0.29) is 0 Å². The van der Waals surface area contributed by atoms with E-state index in [0.717, 1.165) is 0 Å². The summed E-state index contributed by atoms with van der Waals surface area (Å²) in [6.45, 7) is 44.5. The van der Waals surface area contributed by atoms with Gasteiger partial charge < -0.3 is 0 Å². The molecule has 0 unspecified atom stereocenters.